The molecule has 1 aromatic rings. The zero-order valence-corrected chi connectivity index (χ0v) is 12.0. The molecule has 108 valence electrons. The first-order chi connectivity index (χ1) is 9.83. The van der Waals surface area contributed by atoms with Gasteiger partial charge < -0.3 is 14.4 Å². The van der Waals surface area contributed by atoms with Crippen LogP contribution >= 0.6 is 0 Å². The maximum absolute atomic E-state index is 8.98. The minimum Gasteiger partial charge on any atom is -0.492 e. The summed E-state index contributed by atoms with van der Waals surface area (Å²) in [5.74, 6) is 0.684. The van der Waals surface area contributed by atoms with Crippen LogP contribution in [0.2, 0.25) is 0 Å². The summed E-state index contributed by atoms with van der Waals surface area (Å²) in [5, 5.41) is 8.98. The van der Waals surface area contributed by atoms with Crippen LogP contribution in [0.5, 0.6) is 5.75 Å². The number of methoxy groups -OCH3 is 1. The molecule has 1 atom stereocenters. The summed E-state index contributed by atoms with van der Waals surface area (Å²) in [6.45, 7) is 3.83. The number of benzene rings is 1. The van der Waals surface area contributed by atoms with Crippen molar-refractivity contribution >= 4 is 0 Å². The fourth-order valence-corrected chi connectivity index (χ4v) is 2.56. The van der Waals surface area contributed by atoms with Gasteiger partial charge in [-0.3, -0.25) is 0 Å². The highest BCUT2D eigenvalue weighted by atomic mass is 16.5. The molecule has 1 heterocycles. The minimum atomic E-state index is 0.379. The van der Waals surface area contributed by atoms with Crippen LogP contribution in [0, 0.1) is 11.3 Å². The Kier molecular flexibility index (Phi) is 5.85. The number of para-hydroxylation sites is 1. The highest BCUT2D eigenvalue weighted by Crippen LogP contribution is 2.17. The highest BCUT2D eigenvalue weighted by molar-refractivity contribution is 5.42. The van der Waals surface area contributed by atoms with Gasteiger partial charge in [-0.15, -0.1) is 0 Å². The standard InChI is InChI=1S/C16H22N2O2/c1-19-15-7-4-9-18(13-15)10-5-11-20-16-8-3-2-6-14(16)12-17/h2-3,6,8,15H,4-5,7,9-11,13H2,1H3. The van der Waals surface area contributed by atoms with Gasteiger partial charge in [-0.1, -0.05) is 12.1 Å². The summed E-state index contributed by atoms with van der Waals surface area (Å²) in [6, 6.07) is 9.52. The van der Waals surface area contributed by atoms with Crippen molar-refractivity contribution in [3.05, 3.63) is 29.8 Å². The number of nitriles is 1. The van der Waals surface area contributed by atoms with Crippen molar-refractivity contribution in [3.63, 3.8) is 0 Å². The van der Waals surface area contributed by atoms with Crippen molar-refractivity contribution in [2.45, 2.75) is 25.4 Å². The Balaban J connectivity index is 1.70. The number of hydrogen-bond donors (Lipinski definition) is 0. The van der Waals surface area contributed by atoms with Crippen molar-refractivity contribution in [2.24, 2.45) is 0 Å². The maximum Gasteiger partial charge on any atom is 0.137 e. The fraction of sp³-hybridized carbons (Fsp3) is 0.562. The van der Waals surface area contributed by atoms with E-state index in [-0.39, 0.29) is 0 Å². The number of piperidine rings is 1. The van der Waals surface area contributed by atoms with Gasteiger partial charge in [0.1, 0.15) is 11.8 Å². The van der Waals surface area contributed by atoms with E-state index in [1.54, 1.807) is 13.2 Å². The molecule has 0 amide bonds. The topological polar surface area (TPSA) is 45.5 Å². The molecule has 0 bridgehead atoms. The normalized spacial score (nSPS) is 19.5. The first-order valence-corrected chi connectivity index (χ1v) is 7.20. The average molecular weight is 274 g/mol. The Morgan fingerprint density at radius 1 is 1.40 bits per heavy atom. The molecule has 0 aromatic heterocycles. The lowest BCUT2D eigenvalue weighted by molar-refractivity contribution is 0.0299. The number of ether oxygens (including phenoxy) is 2. The Morgan fingerprint density at radius 2 is 2.25 bits per heavy atom. The van der Waals surface area contributed by atoms with Crippen molar-refractivity contribution in [1.29, 1.82) is 5.26 Å². The van der Waals surface area contributed by atoms with Gasteiger partial charge in [-0.05, 0) is 37.9 Å². The van der Waals surface area contributed by atoms with E-state index < -0.39 is 0 Å². The van der Waals surface area contributed by atoms with Crippen molar-refractivity contribution in [2.75, 3.05) is 33.4 Å². The zero-order chi connectivity index (χ0) is 14.2. The van der Waals surface area contributed by atoms with Crippen LogP contribution in [0.4, 0.5) is 0 Å². The highest BCUT2D eigenvalue weighted by Gasteiger charge is 2.18. The Morgan fingerprint density at radius 3 is 3.05 bits per heavy atom. The molecule has 0 saturated carbocycles. The second kappa shape index (κ2) is 7.88. The molecule has 1 saturated heterocycles. The summed E-state index contributed by atoms with van der Waals surface area (Å²) in [6.07, 6.45) is 3.72. The Labute approximate surface area is 120 Å². The largest absolute Gasteiger partial charge is 0.492 e. The number of likely N-dealkylation sites (tertiary alicyclic amines) is 1. The first-order valence-electron chi connectivity index (χ1n) is 7.20. The second-order valence-electron chi connectivity index (χ2n) is 5.11. The molecule has 4 heteroatoms. The summed E-state index contributed by atoms with van der Waals surface area (Å²) in [7, 11) is 1.79. The van der Waals surface area contributed by atoms with Crippen LogP contribution in [0.15, 0.2) is 24.3 Å². The molecule has 0 aliphatic carbocycles. The molecule has 1 aliphatic heterocycles. The average Bonchev–Trinajstić information content (AvgIpc) is 2.52. The summed E-state index contributed by atoms with van der Waals surface area (Å²) in [4.78, 5) is 2.43. The van der Waals surface area contributed by atoms with E-state index in [1.807, 2.05) is 18.2 Å². The number of nitrogens with zero attached hydrogens (tertiary/aromatic N) is 2. The molecule has 0 N–H and O–H groups in total. The molecule has 0 radical (unpaired) electrons. The van der Waals surface area contributed by atoms with Gasteiger partial charge in [0.25, 0.3) is 0 Å². The van der Waals surface area contributed by atoms with Gasteiger partial charge in [0.15, 0.2) is 0 Å². The van der Waals surface area contributed by atoms with Crippen molar-refractivity contribution in [1.82, 2.24) is 4.90 Å². The van der Waals surface area contributed by atoms with E-state index in [0.717, 1.165) is 26.1 Å². The van der Waals surface area contributed by atoms with Crippen LogP contribution < -0.4 is 4.74 Å². The quantitative estimate of drug-likeness (QED) is 0.747. The van der Waals surface area contributed by atoms with E-state index in [1.165, 1.54) is 12.8 Å². The van der Waals surface area contributed by atoms with Gasteiger partial charge in [0, 0.05) is 20.2 Å². The predicted molar refractivity (Wildman–Crippen MR) is 77.7 cm³/mol. The van der Waals surface area contributed by atoms with E-state index in [9.17, 15) is 0 Å². The predicted octanol–water partition coefficient (Wildman–Crippen LogP) is 2.44. The SMILES string of the molecule is COC1CCCN(CCCOc2ccccc2C#N)C1. The van der Waals surface area contributed by atoms with Crippen LogP contribution in [0.1, 0.15) is 24.8 Å². The molecular formula is C16H22N2O2. The molecule has 2 rings (SSSR count). The van der Waals surface area contributed by atoms with Crippen LogP contribution in [-0.4, -0.2) is 44.4 Å². The number of rotatable bonds is 6. The van der Waals surface area contributed by atoms with Gasteiger partial charge in [-0.25, -0.2) is 0 Å². The minimum absolute atomic E-state index is 0.379. The van der Waals surface area contributed by atoms with Gasteiger partial charge >= 0.3 is 0 Å². The number of hydrogen-bond acceptors (Lipinski definition) is 4. The summed E-state index contributed by atoms with van der Waals surface area (Å²) >= 11 is 0. The lowest BCUT2D eigenvalue weighted by Gasteiger charge is -2.31. The van der Waals surface area contributed by atoms with Crippen LogP contribution in [0.3, 0.4) is 0 Å². The first kappa shape index (κ1) is 14.8. The zero-order valence-electron chi connectivity index (χ0n) is 12.0. The Hall–Kier alpha value is -1.57. The van der Waals surface area contributed by atoms with E-state index in [2.05, 4.69) is 11.0 Å². The molecule has 4 nitrogen and oxygen atoms in total. The third-order valence-corrected chi connectivity index (χ3v) is 3.68. The van der Waals surface area contributed by atoms with Gasteiger partial charge in [-0.2, -0.15) is 5.26 Å². The maximum atomic E-state index is 8.98. The molecule has 1 aliphatic rings. The van der Waals surface area contributed by atoms with Crippen molar-refractivity contribution < 1.29 is 9.47 Å². The van der Waals surface area contributed by atoms with E-state index >= 15 is 0 Å². The van der Waals surface area contributed by atoms with Crippen LogP contribution in [0.25, 0.3) is 0 Å². The summed E-state index contributed by atoms with van der Waals surface area (Å²) in [5.41, 5.74) is 0.602. The molecule has 1 unspecified atom stereocenters. The smallest absolute Gasteiger partial charge is 0.137 e. The third kappa shape index (κ3) is 4.22. The Bertz CT molecular complexity index is 456. The lowest BCUT2D eigenvalue weighted by atomic mass is 10.1. The third-order valence-electron chi connectivity index (χ3n) is 3.68. The van der Waals surface area contributed by atoms with E-state index in [4.69, 9.17) is 14.7 Å². The van der Waals surface area contributed by atoms with Crippen molar-refractivity contribution in [3.8, 4) is 11.8 Å². The lowest BCUT2D eigenvalue weighted by Crippen LogP contribution is -2.40. The van der Waals surface area contributed by atoms with E-state index in [0.29, 0.717) is 24.0 Å². The monoisotopic (exact) mass is 274 g/mol. The molecular weight excluding hydrogens is 252 g/mol. The molecule has 1 aromatic carbocycles. The molecule has 20 heavy (non-hydrogen) atoms. The molecule has 1 fully saturated rings. The van der Waals surface area contributed by atoms with Gasteiger partial charge in [0.05, 0.1) is 18.3 Å². The molecule has 0 spiro atoms. The van der Waals surface area contributed by atoms with Gasteiger partial charge in [0.2, 0.25) is 0 Å². The fourth-order valence-electron chi connectivity index (χ4n) is 2.56. The van der Waals surface area contributed by atoms with Crippen LogP contribution in [-0.2, 0) is 4.74 Å². The second-order valence-corrected chi connectivity index (χ2v) is 5.11. The summed E-state index contributed by atoms with van der Waals surface area (Å²) < 4.78 is 11.1.